The molecule has 1 aromatic heterocycles. The third-order valence-corrected chi connectivity index (χ3v) is 3.76. The van der Waals surface area contributed by atoms with E-state index in [1.54, 1.807) is 0 Å². The summed E-state index contributed by atoms with van der Waals surface area (Å²) in [5.41, 5.74) is 0. The number of nitrogens with one attached hydrogen (secondary N) is 2. The van der Waals surface area contributed by atoms with Crippen molar-refractivity contribution in [2.75, 3.05) is 17.2 Å². The second-order valence-electron chi connectivity index (χ2n) is 5.44. The molecule has 1 fully saturated rings. The lowest BCUT2D eigenvalue weighted by Gasteiger charge is -2.33. The van der Waals surface area contributed by atoms with Crippen molar-refractivity contribution in [3.8, 4) is 0 Å². The van der Waals surface area contributed by atoms with E-state index in [9.17, 15) is 0 Å². The van der Waals surface area contributed by atoms with Gasteiger partial charge in [-0.1, -0.05) is 13.8 Å². The number of rotatable bonds is 4. The summed E-state index contributed by atoms with van der Waals surface area (Å²) >= 11 is 0. The van der Waals surface area contributed by atoms with E-state index in [1.165, 1.54) is 19.3 Å². The summed E-state index contributed by atoms with van der Waals surface area (Å²) in [7, 11) is 0. The van der Waals surface area contributed by atoms with Gasteiger partial charge >= 0.3 is 0 Å². The predicted molar refractivity (Wildman–Crippen MR) is 75.8 cm³/mol. The topological polar surface area (TPSA) is 49.8 Å². The molecule has 0 aromatic carbocycles. The van der Waals surface area contributed by atoms with Gasteiger partial charge in [0.1, 0.15) is 5.82 Å². The Morgan fingerprint density at radius 3 is 2.89 bits per heavy atom. The fraction of sp³-hybridized carbons (Fsp3) is 0.714. The van der Waals surface area contributed by atoms with Gasteiger partial charge in [0.05, 0.1) is 0 Å². The lowest BCUT2D eigenvalue weighted by Crippen LogP contribution is -2.33. The molecule has 1 aromatic rings. The first-order valence-corrected chi connectivity index (χ1v) is 7.02. The van der Waals surface area contributed by atoms with Crippen LogP contribution in [0.4, 0.5) is 11.8 Å². The first-order chi connectivity index (χ1) is 8.69. The summed E-state index contributed by atoms with van der Waals surface area (Å²) in [6.07, 6.45) is 5.67. The Hall–Kier alpha value is -1.32. The van der Waals surface area contributed by atoms with Crippen LogP contribution in [0.2, 0.25) is 0 Å². The predicted octanol–water partition coefficient (Wildman–Crippen LogP) is 3.15. The molecule has 1 aliphatic carbocycles. The van der Waals surface area contributed by atoms with Gasteiger partial charge in [0.25, 0.3) is 0 Å². The van der Waals surface area contributed by atoms with Gasteiger partial charge in [0.2, 0.25) is 5.95 Å². The fourth-order valence-corrected chi connectivity index (χ4v) is 2.75. The summed E-state index contributed by atoms with van der Waals surface area (Å²) in [5, 5.41) is 6.70. The van der Waals surface area contributed by atoms with E-state index in [0.29, 0.717) is 17.9 Å². The summed E-state index contributed by atoms with van der Waals surface area (Å²) in [6.45, 7) is 7.58. The van der Waals surface area contributed by atoms with E-state index in [2.05, 4.69) is 34.4 Å². The van der Waals surface area contributed by atoms with Gasteiger partial charge in [0.15, 0.2) is 0 Å². The molecular formula is C14H24N4. The van der Waals surface area contributed by atoms with E-state index < -0.39 is 0 Å². The largest absolute Gasteiger partial charge is 0.367 e. The highest BCUT2D eigenvalue weighted by Crippen LogP contribution is 2.30. The van der Waals surface area contributed by atoms with Crippen LogP contribution in [0.15, 0.2) is 12.3 Å². The van der Waals surface area contributed by atoms with Crippen LogP contribution in [0.5, 0.6) is 0 Å². The molecule has 3 atom stereocenters. The smallest absolute Gasteiger partial charge is 0.224 e. The van der Waals surface area contributed by atoms with Crippen molar-refractivity contribution < 1.29 is 0 Å². The number of hydrogen-bond donors (Lipinski definition) is 2. The minimum Gasteiger partial charge on any atom is -0.367 e. The molecule has 100 valence electrons. The zero-order valence-electron chi connectivity index (χ0n) is 11.6. The maximum Gasteiger partial charge on any atom is 0.224 e. The molecule has 0 aliphatic heterocycles. The van der Waals surface area contributed by atoms with Crippen LogP contribution in [0, 0.1) is 11.8 Å². The van der Waals surface area contributed by atoms with E-state index in [-0.39, 0.29) is 0 Å². The Labute approximate surface area is 110 Å². The number of anilines is 2. The lowest BCUT2D eigenvalue weighted by atomic mass is 9.80. The second kappa shape index (κ2) is 6.03. The average Bonchev–Trinajstić information content (AvgIpc) is 2.34. The maximum absolute atomic E-state index is 4.48. The van der Waals surface area contributed by atoms with Gasteiger partial charge in [-0.2, -0.15) is 4.98 Å². The van der Waals surface area contributed by atoms with E-state index in [0.717, 1.165) is 18.3 Å². The van der Waals surface area contributed by atoms with E-state index in [1.807, 2.05) is 19.2 Å². The van der Waals surface area contributed by atoms with Crippen molar-refractivity contribution in [1.29, 1.82) is 0 Å². The van der Waals surface area contributed by atoms with Crippen molar-refractivity contribution in [3.05, 3.63) is 12.3 Å². The number of hydrogen-bond acceptors (Lipinski definition) is 4. The standard InChI is InChI=1S/C14H24N4/c1-4-15-14-16-8-7-13(18-14)17-12-6-5-10(2)9-11(12)3/h7-8,10-12H,4-6,9H2,1-3H3,(H2,15,16,17,18). The molecule has 18 heavy (non-hydrogen) atoms. The fourth-order valence-electron chi connectivity index (χ4n) is 2.75. The molecule has 1 aliphatic rings. The SMILES string of the molecule is CCNc1nccc(NC2CCC(C)CC2C)n1. The van der Waals surface area contributed by atoms with Crippen molar-refractivity contribution in [2.24, 2.45) is 11.8 Å². The zero-order chi connectivity index (χ0) is 13.0. The highest BCUT2D eigenvalue weighted by atomic mass is 15.1. The van der Waals surface area contributed by atoms with Gasteiger partial charge in [-0.05, 0) is 44.1 Å². The van der Waals surface area contributed by atoms with Gasteiger partial charge in [-0.25, -0.2) is 4.98 Å². The Balaban J connectivity index is 1.98. The summed E-state index contributed by atoms with van der Waals surface area (Å²) < 4.78 is 0. The van der Waals surface area contributed by atoms with Crippen molar-refractivity contribution in [1.82, 2.24) is 9.97 Å². The molecule has 4 nitrogen and oxygen atoms in total. The molecule has 1 saturated carbocycles. The first-order valence-electron chi connectivity index (χ1n) is 7.02. The summed E-state index contributed by atoms with van der Waals surface area (Å²) in [4.78, 5) is 8.67. The summed E-state index contributed by atoms with van der Waals surface area (Å²) in [6, 6.07) is 2.50. The second-order valence-corrected chi connectivity index (χ2v) is 5.44. The van der Waals surface area contributed by atoms with Crippen LogP contribution in [0.3, 0.4) is 0 Å². The Kier molecular flexibility index (Phi) is 4.39. The molecule has 0 saturated heterocycles. The maximum atomic E-state index is 4.48. The monoisotopic (exact) mass is 248 g/mol. The molecule has 4 heteroatoms. The zero-order valence-corrected chi connectivity index (χ0v) is 11.6. The van der Waals surface area contributed by atoms with Crippen LogP contribution in [0.25, 0.3) is 0 Å². The van der Waals surface area contributed by atoms with Gasteiger partial charge in [0, 0.05) is 18.8 Å². The highest BCUT2D eigenvalue weighted by molar-refractivity contribution is 5.40. The molecule has 1 heterocycles. The van der Waals surface area contributed by atoms with Crippen LogP contribution >= 0.6 is 0 Å². The normalized spacial score (nSPS) is 27.8. The molecule has 0 spiro atoms. The van der Waals surface area contributed by atoms with Crippen LogP contribution < -0.4 is 10.6 Å². The molecule has 0 bridgehead atoms. The molecule has 2 rings (SSSR count). The van der Waals surface area contributed by atoms with Crippen molar-refractivity contribution >= 4 is 11.8 Å². The third-order valence-electron chi connectivity index (χ3n) is 3.76. The van der Waals surface area contributed by atoms with Crippen molar-refractivity contribution in [3.63, 3.8) is 0 Å². The first kappa shape index (κ1) is 13.1. The summed E-state index contributed by atoms with van der Waals surface area (Å²) in [5.74, 6) is 3.22. The van der Waals surface area contributed by atoms with Crippen LogP contribution in [-0.2, 0) is 0 Å². The van der Waals surface area contributed by atoms with Crippen LogP contribution in [0.1, 0.15) is 40.0 Å². The quantitative estimate of drug-likeness (QED) is 0.859. The number of nitrogens with zero attached hydrogens (tertiary/aromatic N) is 2. The Morgan fingerprint density at radius 2 is 2.17 bits per heavy atom. The van der Waals surface area contributed by atoms with Crippen LogP contribution in [-0.4, -0.2) is 22.6 Å². The van der Waals surface area contributed by atoms with Gasteiger partial charge in [-0.15, -0.1) is 0 Å². The molecule has 2 N–H and O–H groups in total. The Bertz CT molecular complexity index is 380. The van der Waals surface area contributed by atoms with Crippen molar-refractivity contribution in [2.45, 2.75) is 46.1 Å². The Morgan fingerprint density at radius 1 is 1.33 bits per heavy atom. The third kappa shape index (κ3) is 3.34. The highest BCUT2D eigenvalue weighted by Gasteiger charge is 2.25. The van der Waals surface area contributed by atoms with Gasteiger partial charge in [-0.3, -0.25) is 0 Å². The lowest BCUT2D eigenvalue weighted by molar-refractivity contribution is 0.276. The molecule has 3 unspecified atom stereocenters. The minimum absolute atomic E-state index is 0.547. The van der Waals surface area contributed by atoms with E-state index in [4.69, 9.17) is 0 Å². The van der Waals surface area contributed by atoms with E-state index >= 15 is 0 Å². The molecule has 0 radical (unpaired) electrons. The van der Waals surface area contributed by atoms with Gasteiger partial charge < -0.3 is 10.6 Å². The molecule has 0 amide bonds. The number of aromatic nitrogens is 2. The molecular weight excluding hydrogens is 224 g/mol. The minimum atomic E-state index is 0.547. The average molecular weight is 248 g/mol.